The number of aryl methyl sites for hydroxylation is 1. The van der Waals surface area contributed by atoms with Gasteiger partial charge in [-0.3, -0.25) is 4.79 Å². The highest BCUT2D eigenvalue weighted by atomic mass is 32.1. The highest BCUT2D eigenvalue weighted by Gasteiger charge is 2.04. The number of nitrogens with two attached hydrogens (primary N) is 2. The minimum absolute atomic E-state index is 0.0544. The third kappa shape index (κ3) is 1.79. The van der Waals surface area contributed by atoms with Crippen LogP contribution in [0.1, 0.15) is 15.4 Å². The van der Waals surface area contributed by atoms with Gasteiger partial charge in [0, 0.05) is 0 Å². The Kier molecular flexibility index (Phi) is 2.39. The zero-order valence-electron chi connectivity index (χ0n) is 6.44. The summed E-state index contributed by atoms with van der Waals surface area (Å²) in [6.45, 7) is 1.73. The number of hydrogen-bond donors (Lipinski definition) is 2. The Balaban J connectivity index is 3.05. The summed E-state index contributed by atoms with van der Waals surface area (Å²) in [4.78, 5) is 18.6. The molecule has 0 aromatic carbocycles. The van der Waals surface area contributed by atoms with Crippen LogP contribution in [0, 0.1) is 6.92 Å². The van der Waals surface area contributed by atoms with Gasteiger partial charge in [-0.25, -0.2) is 4.98 Å². The number of guanidine groups is 1. The second kappa shape index (κ2) is 3.31. The lowest BCUT2D eigenvalue weighted by molar-refractivity contribution is 0.112. The lowest BCUT2D eigenvalue weighted by atomic mass is 10.4. The monoisotopic (exact) mass is 184 g/mol. The molecule has 1 aromatic rings. The first-order chi connectivity index (χ1) is 5.63. The Labute approximate surface area is 73.1 Å². The smallest absolute Gasteiger partial charge is 0.213 e. The van der Waals surface area contributed by atoms with Crippen molar-refractivity contribution in [3.8, 4) is 0 Å². The Morgan fingerprint density at radius 1 is 1.67 bits per heavy atom. The molecule has 1 rings (SSSR count). The molecule has 12 heavy (non-hydrogen) atoms. The molecule has 0 atom stereocenters. The van der Waals surface area contributed by atoms with Gasteiger partial charge in [0.1, 0.15) is 0 Å². The number of aliphatic imine (C=N–C) groups is 1. The SMILES string of the molecule is Cc1nc(N=C(N)N)sc1C=O. The van der Waals surface area contributed by atoms with Crippen LogP contribution >= 0.6 is 11.3 Å². The van der Waals surface area contributed by atoms with Crippen molar-refractivity contribution in [3.05, 3.63) is 10.6 Å². The van der Waals surface area contributed by atoms with E-state index in [0.29, 0.717) is 15.7 Å². The van der Waals surface area contributed by atoms with Gasteiger partial charge in [-0.05, 0) is 6.92 Å². The average Bonchev–Trinajstić information content (AvgIpc) is 2.29. The molecule has 64 valence electrons. The summed E-state index contributed by atoms with van der Waals surface area (Å²) in [5, 5.41) is 0.412. The molecule has 1 aromatic heterocycles. The molecule has 1 heterocycles. The van der Waals surface area contributed by atoms with Crippen molar-refractivity contribution in [2.45, 2.75) is 6.92 Å². The van der Waals surface area contributed by atoms with E-state index >= 15 is 0 Å². The van der Waals surface area contributed by atoms with Crippen LogP contribution in [0.15, 0.2) is 4.99 Å². The average molecular weight is 184 g/mol. The van der Waals surface area contributed by atoms with Crippen LogP contribution in [-0.2, 0) is 0 Å². The van der Waals surface area contributed by atoms with E-state index in [9.17, 15) is 4.79 Å². The molecule has 0 unspecified atom stereocenters. The minimum atomic E-state index is -0.0544. The summed E-state index contributed by atoms with van der Waals surface area (Å²) in [5.74, 6) is -0.0544. The number of hydrogen-bond acceptors (Lipinski definition) is 4. The van der Waals surface area contributed by atoms with Crippen LogP contribution in [0.2, 0.25) is 0 Å². The van der Waals surface area contributed by atoms with Crippen LogP contribution in [0.4, 0.5) is 5.13 Å². The second-order valence-corrected chi connectivity index (χ2v) is 3.11. The Morgan fingerprint density at radius 3 is 2.75 bits per heavy atom. The molecule has 0 radical (unpaired) electrons. The zero-order valence-corrected chi connectivity index (χ0v) is 7.26. The van der Waals surface area contributed by atoms with Crippen LogP contribution in [-0.4, -0.2) is 17.2 Å². The molecule has 0 aliphatic rings. The Bertz CT molecular complexity index is 326. The first-order valence-corrected chi connectivity index (χ1v) is 3.97. The molecule has 0 spiro atoms. The fourth-order valence-electron chi connectivity index (χ4n) is 0.661. The molecule has 0 saturated heterocycles. The molecule has 0 saturated carbocycles. The summed E-state index contributed by atoms with van der Waals surface area (Å²) in [6, 6.07) is 0. The van der Waals surface area contributed by atoms with Crippen molar-refractivity contribution in [1.29, 1.82) is 0 Å². The van der Waals surface area contributed by atoms with E-state index < -0.39 is 0 Å². The van der Waals surface area contributed by atoms with Crippen molar-refractivity contribution < 1.29 is 4.79 Å². The van der Waals surface area contributed by atoms with Crippen LogP contribution in [0.25, 0.3) is 0 Å². The number of aldehydes is 1. The van der Waals surface area contributed by atoms with Gasteiger partial charge in [-0.1, -0.05) is 11.3 Å². The van der Waals surface area contributed by atoms with Crippen molar-refractivity contribution in [3.63, 3.8) is 0 Å². The maximum absolute atomic E-state index is 10.4. The number of carbonyl (C=O) groups excluding carboxylic acids is 1. The van der Waals surface area contributed by atoms with Gasteiger partial charge < -0.3 is 11.5 Å². The first-order valence-electron chi connectivity index (χ1n) is 3.15. The summed E-state index contributed by atoms with van der Waals surface area (Å²) in [6.07, 6.45) is 0.735. The van der Waals surface area contributed by atoms with Crippen molar-refractivity contribution in [2.75, 3.05) is 0 Å². The topological polar surface area (TPSA) is 94.4 Å². The van der Waals surface area contributed by atoms with Crippen LogP contribution in [0.3, 0.4) is 0 Å². The third-order valence-electron chi connectivity index (χ3n) is 1.15. The van der Waals surface area contributed by atoms with E-state index in [1.807, 2.05) is 0 Å². The van der Waals surface area contributed by atoms with E-state index in [1.54, 1.807) is 6.92 Å². The molecule has 0 bridgehead atoms. The van der Waals surface area contributed by atoms with E-state index in [2.05, 4.69) is 9.98 Å². The van der Waals surface area contributed by atoms with Gasteiger partial charge in [0.25, 0.3) is 0 Å². The lowest BCUT2D eigenvalue weighted by Crippen LogP contribution is -2.21. The van der Waals surface area contributed by atoms with Gasteiger partial charge in [0.05, 0.1) is 10.6 Å². The van der Waals surface area contributed by atoms with E-state index in [1.165, 1.54) is 0 Å². The maximum Gasteiger partial charge on any atom is 0.213 e. The third-order valence-corrected chi connectivity index (χ3v) is 2.13. The summed E-state index contributed by atoms with van der Waals surface area (Å²) in [7, 11) is 0. The number of rotatable bonds is 2. The zero-order chi connectivity index (χ0) is 9.14. The van der Waals surface area contributed by atoms with Crippen molar-refractivity contribution in [2.24, 2.45) is 16.5 Å². The number of carbonyl (C=O) groups is 1. The minimum Gasteiger partial charge on any atom is -0.370 e. The maximum atomic E-state index is 10.4. The normalized spacial score (nSPS) is 9.42. The fourth-order valence-corrected chi connectivity index (χ4v) is 1.43. The molecule has 0 fully saturated rings. The highest BCUT2D eigenvalue weighted by molar-refractivity contribution is 7.17. The van der Waals surface area contributed by atoms with E-state index in [0.717, 1.165) is 17.6 Å². The lowest BCUT2D eigenvalue weighted by Gasteiger charge is -1.84. The fraction of sp³-hybridized carbons (Fsp3) is 0.167. The van der Waals surface area contributed by atoms with E-state index in [4.69, 9.17) is 11.5 Å². The number of aromatic nitrogens is 1. The van der Waals surface area contributed by atoms with Crippen molar-refractivity contribution >= 4 is 28.7 Å². The predicted octanol–water partition coefficient (Wildman–Crippen LogP) is 0.169. The van der Waals surface area contributed by atoms with Gasteiger partial charge in [-0.15, -0.1) is 0 Å². The largest absolute Gasteiger partial charge is 0.370 e. The van der Waals surface area contributed by atoms with E-state index in [-0.39, 0.29) is 5.96 Å². The molecule has 0 aliphatic carbocycles. The van der Waals surface area contributed by atoms with Crippen LogP contribution < -0.4 is 11.5 Å². The highest BCUT2D eigenvalue weighted by Crippen LogP contribution is 2.22. The molecule has 0 amide bonds. The molecule has 0 aliphatic heterocycles. The predicted molar refractivity (Wildman–Crippen MR) is 47.7 cm³/mol. The van der Waals surface area contributed by atoms with Gasteiger partial charge in [0.2, 0.25) is 5.13 Å². The summed E-state index contributed by atoms with van der Waals surface area (Å²) in [5.41, 5.74) is 10.9. The molecule has 6 heteroatoms. The van der Waals surface area contributed by atoms with Gasteiger partial charge >= 0.3 is 0 Å². The molecule has 5 nitrogen and oxygen atoms in total. The first kappa shape index (κ1) is 8.66. The summed E-state index contributed by atoms with van der Waals surface area (Å²) < 4.78 is 0. The van der Waals surface area contributed by atoms with Gasteiger partial charge in [0.15, 0.2) is 12.2 Å². The molecular weight excluding hydrogens is 176 g/mol. The standard InChI is InChI=1S/C6H8N4OS/c1-3-4(2-11)12-6(9-3)10-5(7)8/h2H,1H3,(H4,7,8,9,10). The Morgan fingerprint density at radius 2 is 2.33 bits per heavy atom. The van der Waals surface area contributed by atoms with Crippen LogP contribution in [0.5, 0.6) is 0 Å². The second-order valence-electron chi connectivity index (χ2n) is 2.10. The summed E-state index contributed by atoms with van der Waals surface area (Å²) >= 11 is 1.16. The van der Waals surface area contributed by atoms with Gasteiger partial charge in [-0.2, -0.15) is 4.99 Å². The number of thiazole rings is 1. The number of nitrogens with zero attached hydrogens (tertiary/aromatic N) is 2. The quantitative estimate of drug-likeness (QED) is 0.389. The van der Waals surface area contributed by atoms with Crippen molar-refractivity contribution in [1.82, 2.24) is 4.98 Å². The molecular formula is C6H8N4OS. The molecule has 4 N–H and O–H groups in total. The Hall–Kier alpha value is -1.43.